The van der Waals surface area contributed by atoms with Crippen LogP contribution in [-0.4, -0.2) is 39.3 Å². The number of nitrogens with zero attached hydrogens (tertiary/aromatic N) is 3. The first-order chi connectivity index (χ1) is 12.6. The summed E-state index contributed by atoms with van der Waals surface area (Å²) < 4.78 is 1.41. The highest BCUT2D eigenvalue weighted by molar-refractivity contribution is 7.15. The Labute approximate surface area is 155 Å². The van der Waals surface area contributed by atoms with Crippen molar-refractivity contribution in [3.05, 3.63) is 69.1 Å². The maximum absolute atomic E-state index is 12.4. The van der Waals surface area contributed by atoms with Crippen molar-refractivity contribution in [2.24, 2.45) is 0 Å². The first-order valence-electron chi connectivity index (χ1n) is 8.67. The molecule has 0 aliphatic carbocycles. The third-order valence-electron chi connectivity index (χ3n) is 4.93. The van der Waals surface area contributed by atoms with Gasteiger partial charge in [0.15, 0.2) is 4.96 Å². The van der Waals surface area contributed by atoms with E-state index in [1.54, 1.807) is 11.6 Å². The molecule has 134 valence electrons. The second-order valence-electron chi connectivity index (χ2n) is 6.58. The summed E-state index contributed by atoms with van der Waals surface area (Å²) in [6.45, 7) is 4.45. The van der Waals surface area contributed by atoms with Crippen LogP contribution in [0.2, 0.25) is 0 Å². The number of aromatic nitrogens is 2. The molecule has 4 rings (SSSR count). The van der Waals surface area contributed by atoms with Crippen molar-refractivity contribution >= 4 is 22.2 Å². The Morgan fingerprint density at radius 1 is 1.35 bits per heavy atom. The molecule has 3 heterocycles. The quantitative estimate of drug-likeness (QED) is 0.764. The fourth-order valence-corrected chi connectivity index (χ4v) is 4.01. The highest BCUT2D eigenvalue weighted by atomic mass is 32.1. The van der Waals surface area contributed by atoms with Gasteiger partial charge in [-0.05, 0) is 24.5 Å². The van der Waals surface area contributed by atoms with Crippen molar-refractivity contribution < 1.29 is 4.79 Å². The van der Waals surface area contributed by atoms with Gasteiger partial charge in [0.05, 0.1) is 0 Å². The van der Waals surface area contributed by atoms with E-state index in [1.807, 2.05) is 0 Å². The number of carbonyl (C=O) groups is 1. The van der Waals surface area contributed by atoms with Crippen molar-refractivity contribution in [2.45, 2.75) is 25.9 Å². The van der Waals surface area contributed by atoms with E-state index < -0.39 is 0 Å². The zero-order valence-corrected chi connectivity index (χ0v) is 15.3. The second-order valence-corrected chi connectivity index (χ2v) is 7.45. The average Bonchev–Trinajstić information content (AvgIpc) is 3.15. The molecule has 1 atom stereocenters. The monoisotopic (exact) mass is 368 g/mol. The number of thiazole rings is 1. The molecule has 0 radical (unpaired) electrons. The lowest BCUT2D eigenvalue weighted by Gasteiger charge is -2.33. The summed E-state index contributed by atoms with van der Waals surface area (Å²) in [4.78, 5) is 31.9. The van der Waals surface area contributed by atoms with Gasteiger partial charge in [0.25, 0.3) is 11.5 Å². The van der Waals surface area contributed by atoms with E-state index in [0.717, 1.165) is 19.5 Å². The molecule has 3 aromatic rings. The largest absolute Gasteiger partial charge is 0.350 e. The molecular formula is C19H20N4O2S. The minimum Gasteiger partial charge on any atom is -0.350 e. The maximum atomic E-state index is 12.4. The predicted molar refractivity (Wildman–Crippen MR) is 102 cm³/mol. The van der Waals surface area contributed by atoms with Gasteiger partial charge in [-0.25, -0.2) is 4.98 Å². The van der Waals surface area contributed by atoms with Crippen molar-refractivity contribution in [1.82, 2.24) is 19.6 Å². The maximum Gasteiger partial charge on any atom is 0.271 e. The van der Waals surface area contributed by atoms with Gasteiger partial charge < -0.3 is 5.32 Å². The molecular weight excluding hydrogens is 348 g/mol. The Morgan fingerprint density at radius 3 is 3.00 bits per heavy atom. The summed E-state index contributed by atoms with van der Waals surface area (Å²) in [7, 11) is 0. The number of carbonyl (C=O) groups excluding carboxylic acids is 1. The van der Waals surface area contributed by atoms with Crippen LogP contribution in [0.5, 0.6) is 0 Å². The van der Waals surface area contributed by atoms with Gasteiger partial charge in [-0.15, -0.1) is 11.3 Å². The van der Waals surface area contributed by atoms with Crippen molar-refractivity contribution in [2.75, 3.05) is 13.1 Å². The van der Waals surface area contributed by atoms with Crippen LogP contribution in [0.1, 0.15) is 28.4 Å². The highest BCUT2D eigenvalue weighted by Crippen LogP contribution is 2.20. The standard InChI is InChI=1S/C19H20N4O2S/c1-13(22-7-6-14-4-2-3-5-15(14)12-22)10-20-17(24)16-11-21-19-23(18(16)25)8-9-26-19/h2-5,8-9,11,13H,6-7,10,12H2,1H3,(H,20,24). The van der Waals surface area contributed by atoms with Crippen molar-refractivity contribution in [3.8, 4) is 0 Å². The Balaban J connectivity index is 1.41. The lowest BCUT2D eigenvalue weighted by atomic mass is 9.99. The summed E-state index contributed by atoms with van der Waals surface area (Å²) in [6.07, 6.45) is 4.03. The van der Waals surface area contributed by atoms with Crippen LogP contribution in [0.4, 0.5) is 0 Å². The molecule has 0 saturated heterocycles. The number of hydrogen-bond acceptors (Lipinski definition) is 5. The van der Waals surface area contributed by atoms with Gasteiger partial charge in [-0.2, -0.15) is 0 Å². The molecule has 6 nitrogen and oxygen atoms in total. The van der Waals surface area contributed by atoms with Crippen LogP contribution in [-0.2, 0) is 13.0 Å². The van der Waals surface area contributed by atoms with Crippen LogP contribution < -0.4 is 10.9 Å². The Morgan fingerprint density at radius 2 is 2.15 bits per heavy atom. The van der Waals surface area contributed by atoms with E-state index in [9.17, 15) is 9.59 Å². The molecule has 1 N–H and O–H groups in total. The van der Waals surface area contributed by atoms with Crippen LogP contribution in [0.25, 0.3) is 4.96 Å². The van der Waals surface area contributed by atoms with E-state index in [4.69, 9.17) is 0 Å². The molecule has 0 saturated carbocycles. The van der Waals surface area contributed by atoms with Crippen LogP contribution in [0.15, 0.2) is 46.8 Å². The third-order valence-corrected chi connectivity index (χ3v) is 5.70. The molecule has 26 heavy (non-hydrogen) atoms. The second kappa shape index (κ2) is 7.01. The minimum absolute atomic E-state index is 0.0806. The fraction of sp³-hybridized carbons (Fsp3) is 0.316. The fourth-order valence-electron chi connectivity index (χ4n) is 3.34. The molecule has 0 bridgehead atoms. The van der Waals surface area contributed by atoms with Crippen molar-refractivity contribution in [3.63, 3.8) is 0 Å². The van der Waals surface area contributed by atoms with Crippen LogP contribution in [0.3, 0.4) is 0 Å². The van der Waals surface area contributed by atoms with Gasteiger partial charge in [0.1, 0.15) is 5.56 Å². The summed E-state index contributed by atoms with van der Waals surface area (Å²) >= 11 is 1.37. The third kappa shape index (κ3) is 3.15. The Bertz CT molecular complexity index is 1010. The molecule has 1 aliphatic heterocycles. The average molecular weight is 368 g/mol. The summed E-state index contributed by atoms with van der Waals surface area (Å²) in [5.41, 5.74) is 2.51. The highest BCUT2D eigenvalue weighted by Gasteiger charge is 2.21. The zero-order valence-electron chi connectivity index (χ0n) is 14.5. The Hall–Kier alpha value is -2.51. The zero-order chi connectivity index (χ0) is 18.1. The van der Waals surface area contributed by atoms with E-state index in [2.05, 4.69) is 46.4 Å². The SMILES string of the molecule is CC(CNC(=O)c1cnc2sccn2c1=O)N1CCc2ccccc2C1. The number of benzene rings is 1. The van der Waals surface area contributed by atoms with E-state index in [0.29, 0.717) is 11.5 Å². The molecule has 1 aromatic carbocycles. The van der Waals surface area contributed by atoms with E-state index >= 15 is 0 Å². The number of fused-ring (bicyclic) bond motifs is 2. The summed E-state index contributed by atoms with van der Waals surface area (Å²) in [5.74, 6) is -0.368. The molecule has 0 spiro atoms. The molecule has 7 heteroatoms. The number of amides is 1. The smallest absolute Gasteiger partial charge is 0.271 e. The summed E-state index contributed by atoms with van der Waals surface area (Å²) in [6, 6.07) is 8.67. The van der Waals surface area contributed by atoms with E-state index in [-0.39, 0.29) is 23.1 Å². The molecule has 2 aromatic heterocycles. The van der Waals surface area contributed by atoms with Crippen LogP contribution >= 0.6 is 11.3 Å². The van der Waals surface area contributed by atoms with Gasteiger partial charge in [0.2, 0.25) is 0 Å². The predicted octanol–water partition coefficient (Wildman–Crippen LogP) is 1.93. The lowest BCUT2D eigenvalue weighted by Crippen LogP contribution is -2.45. The molecule has 1 unspecified atom stereocenters. The first-order valence-corrected chi connectivity index (χ1v) is 9.55. The normalized spacial score (nSPS) is 15.6. The minimum atomic E-state index is -0.368. The molecule has 0 fully saturated rings. The number of rotatable bonds is 4. The topological polar surface area (TPSA) is 66.7 Å². The van der Waals surface area contributed by atoms with Gasteiger partial charge in [-0.3, -0.25) is 18.9 Å². The van der Waals surface area contributed by atoms with E-state index in [1.165, 1.54) is 33.1 Å². The van der Waals surface area contributed by atoms with Crippen LogP contribution in [0, 0.1) is 0 Å². The van der Waals surface area contributed by atoms with Gasteiger partial charge in [-0.1, -0.05) is 24.3 Å². The molecule has 1 amide bonds. The first kappa shape index (κ1) is 16.9. The van der Waals surface area contributed by atoms with Crippen molar-refractivity contribution in [1.29, 1.82) is 0 Å². The molecule has 1 aliphatic rings. The summed E-state index contributed by atoms with van der Waals surface area (Å²) in [5, 5.41) is 4.67. The lowest BCUT2D eigenvalue weighted by molar-refractivity contribution is 0.0930. The Kier molecular flexibility index (Phi) is 4.57. The van der Waals surface area contributed by atoms with Gasteiger partial charge in [0, 0.05) is 43.4 Å². The number of hydrogen-bond donors (Lipinski definition) is 1. The van der Waals surface area contributed by atoms with Gasteiger partial charge >= 0.3 is 0 Å². The number of nitrogens with one attached hydrogen (secondary N) is 1.